The van der Waals surface area contributed by atoms with Gasteiger partial charge in [-0.15, -0.1) is 24.0 Å². The van der Waals surface area contributed by atoms with Gasteiger partial charge in [0.05, 0.1) is 5.69 Å². The largest absolute Gasteiger partial charge is 0.357 e. The molecule has 2 heterocycles. The summed E-state index contributed by atoms with van der Waals surface area (Å²) in [6, 6.07) is 2.12. The van der Waals surface area contributed by atoms with E-state index in [4.69, 9.17) is 4.99 Å². The van der Waals surface area contributed by atoms with Crippen molar-refractivity contribution in [3.63, 3.8) is 0 Å². The SMILES string of the molecule is CCNC(=NCCCn1nc(C)cc1C)NCCCN1CCCCCC1.I. The summed E-state index contributed by atoms with van der Waals surface area (Å²) in [5.74, 6) is 0.941. The Labute approximate surface area is 182 Å². The van der Waals surface area contributed by atoms with Crippen LogP contribution in [0.25, 0.3) is 0 Å². The molecule has 27 heavy (non-hydrogen) atoms. The number of halogens is 1. The van der Waals surface area contributed by atoms with E-state index in [1.165, 1.54) is 57.4 Å². The summed E-state index contributed by atoms with van der Waals surface area (Å²) >= 11 is 0. The molecule has 0 saturated carbocycles. The molecule has 0 atom stereocenters. The van der Waals surface area contributed by atoms with Crippen LogP contribution in [0.1, 0.15) is 56.8 Å². The molecular formula is C20H39IN6. The van der Waals surface area contributed by atoms with Gasteiger partial charge in [0.2, 0.25) is 0 Å². The van der Waals surface area contributed by atoms with Crippen molar-refractivity contribution in [2.24, 2.45) is 4.99 Å². The molecule has 0 radical (unpaired) electrons. The first-order valence-electron chi connectivity index (χ1n) is 10.4. The number of aryl methyl sites for hydroxylation is 3. The van der Waals surface area contributed by atoms with Crippen LogP contribution in [0.2, 0.25) is 0 Å². The van der Waals surface area contributed by atoms with Crippen molar-refractivity contribution in [3.8, 4) is 0 Å². The second kappa shape index (κ2) is 14.2. The van der Waals surface area contributed by atoms with Crippen LogP contribution in [-0.4, -0.2) is 59.9 Å². The van der Waals surface area contributed by atoms with Crippen LogP contribution in [0, 0.1) is 13.8 Å². The number of nitrogens with one attached hydrogen (secondary N) is 2. The molecule has 7 heteroatoms. The molecule has 0 bridgehead atoms. The van der Waals surface area contributed by atoms with Crippen LogP contribution in [-0.2, 0) is 6.54 Å². The average Bonchev–Trinajstić information content (AvgIpc) is 2.80. The van der Waals surface area contributed by atoms with Crippen LogP contribution in [0.5, 0.6) is 0 Å². The molecule has 0 unspecified atom stereocenters. The zero-order chi connectivity index (χ0) is 18.6. The Kier molecular flexibility index (Phi) is 12.7. The van der Waals surface area contributed by atoms with Gasteiger partial charge < -0.3 is 15.5 Å². The smallest absolute Gasteiger partial charge is 0.191 e. The second-order valence-corrected chi connectivity index (χ2v) is 7.30. The number of aromatic nitrogens is 2. The van der Waals surface area contributed by atoms with E-state index in [2.05, 4.69) is 45.2 Å². The first-order valence-corrected chi connectivity index (χ1v) is 10.4. The fourth-order valence-corrected chi connectivity index (χ4v) is 3.52. The topological polar surface area (TPSA) is 57.5 Å². The number of hydrogen-bond donors (Lipinski definition) is 2. The highest BCUT2D eigenvalue weighted by molar-refractivity contribution is 14.0. The molecule has 0 spiro atoms. The van der Waals surface area contributed by atoms with Crippen LogP contribution < -0.4 is 10.6 Å². The molecule has 1 aliphatic rings. The van der Waals surface area contributed by atoms with E-state index in [9.17, 15) is 0 Å². The van der Waals surface area contributed by atoms with Crippen molar-refractivity contribution in [1.82, 2.24) is 25.3 Å². The highest BCUT2D eigenvalue weighted by atomic mass is 127. The lowest BCUT2D eigenvalue weighted by molar-refractivity contribution is 0.282. The molecule has 6 nitrogen and oxygen atoms in total. The first-order chi connectivity index (χ1) is 12.7. The third-order valence-corrected chi connectivity index (χ3v) is 4.89. The second-order valence-electron chi connectivity index (χ2n) is 7.30. The number of guanidine groups is 1. The van der Waals surface area contributed by atoms with Gasteiger partial charge in [-0.25, -0.2) is 0 Å². The number of rotatable bonds is 9. The van der Waals surface area contributed by atoms with E-state index in [1.54, 1.807) is 0 Å². The van der Waals surface area contributed by atoms with Crippen molar-refractivity contribution in [3.05, 3.63) is 17.5 Å². The minimum atomic E-state index is 0. The minimum Gasteiger partial charge on any atom is -0.357 e. The maximum atomic E-state index is 4.70. The van der Waals surface area contributed by atoms with Gasteiger partial charge in [-0.1, -0.05) is 12.8 Å². The monoisotopic (exact) mass is 490 g/mol. The van der Waals surface area contributed by atoms with Crippen molar-refractivity contribution in [2.45, 2.75) is 65.8 Å². The lowest BCUT2D eigenvalue weighted by Crippen LogP contribution is -2.39. The molecule has 0 amide bonds. The third kappa shape index (κ3) is 9.78. The summed E-state index contributed by atoms with van der Waals surface area (Å²) in [6.07, 6.45) is 7.73. The summed E-state index contributed by atoms with van der Waals surface area (Å²) in [5, 5.41) is 11.3. The van der Waals surface area contributed by atoms with E-state index >= 15 is 0 Å². The third-order valence-electron chi connectivity index (χ3n) is 4.89. The van der Waals surface area contributed by atoms with E-state index < -0.39 is 0 Å². The van der Waals surface area contributed by atoms with Crippen LogP contribution in [0.4, 0.5) is 0 Å². The predicted molar refractivity (Wildman–Crippen MR) is 125 cm³/mol. The first kappa shape index (κ1) is 24.2. The number of likely N-dealkylation sites (tertiary alicyclic amines) is 1. The molecule has 1 fully saturated rings. The fraction of sp³-hybridized carbons (Fsp3) is 0.800. The van der Waals surface area contributed by atoms with E-state index in [-0.39, 0.29) is 24.0 Å². The van der Waals surface area contributed by atoms with Crippen molar-refractivity contribution in [1.29, 1.82) is 0 Å². The van der Waals surface area contributed by atoms with Gasteiger partial charge in [0, 0.05) is 31.9 Å². The van der Waals surface area contributed by atoms with Gasteiger partial charge >= 0.3 is 0 Å². The summed E-state index contributed by atoms with van der Waals surface area (Å²) in [5.41, 5.74) is 2.32. The van der Waals surface area contributed by atoms with E-state index in [0.29, 0.717) is 0 Å². The van der Waals surface area contributed by atoms with Gasteiger partial charge in [-0.3, -0.25) is 9.67 Å². The van der Waals surface area contributed by atoms with Crippen LogP contribution in [0.3, 0.4) is 0 Å². The number of aliphatic imine (C=N–C) groups is 1. The van der Waals surface area contributed by atoms with E-state index in [0.717, 1.165) is 44.3 Å². The van der Waals surface area contributed by atoms with Crippen LogP contribution >= 0.6 is 24.0 Å². The Morgan fingerprint density at radius 1 is 1.07 bits per heavy atom. The lowest BCUT2D eigenvalue weighted by Gasteiger charge is -2.20. The molecule has 2 rings (SSSR count). The Hall–Kier alpha value is -0.830. The van der Waals surface area contributed by atoms with Crippen molar-refractivity contribution in [2.75, 3.05) is 39.3 Å². The highest BCUT2D eigenvalue weighted by Gasteiger charge is 2.08. The Morgan fingerprint density at radius 3 is 2.44 bits per heavy atom. The van der Waals surface area contributed by atoms with Gasteiger partial charge in [-0.05, 0) is 72.2 Å². The number of hydrogen-bond acceptors (Lipinski definition) is 3. The molecule has 1 saturated heterocycles. The molecule has 1 aliphatic heterocycles. The highest BCUT2D eigenvalue weighted by Crippen LogP contribution is 2.09. The van der Waals surface area contributed by atoms with Gasteiger partial charge in [0.25, 0.3) is 0 Å². The molecule has 156 valence electrons. The minimum absolute atomic E-state index is 0. The molecular weight excluding hydrogens is 451 g/mol. The summed E-state index contributed by atoms with van der Waals surface area (Å²) < 4.78 is 2.08. The summed E-state index contributed by atoms with van der Waals surface area (Å²) in [4.78, 5) is 7.32. The molecule has 2 N–H and O–H groups in total. The number of nitrogens with zero attached hydrogens (tertiary/aromatic N) is 4. The Bertz CT molecular complexity index is 535. The summed E-state index contributed by atoms with van der Waals surface area (Å²) in [7, 11) is 0. The molecule has 1 aromatic heterocycles. The van der Waals surface area contributed by atoms with E-state index in [1.807, 2.05) is 6.92 Å². The van der Waals surface area contributed by atoms with Crippen molar-refractivity contribution < 1.29 is 0 Å². The molecule has 1 aromatic rings. The maximum Gasteiger partial charge on any atom is 0.191 e. The zero-order valence-electron chi connectivity index (χ0n) is 17.5. The lowest BCUT2D eigenvalue weighted by atomic mass is 10.2. The van der Waals surface area contributed by atoms with Crippen LogP contribution in [0.15, 0.2) is 11.1 Å². The Balaban J connectivity index is 0.00000364. The fourth-order valence-electron chi connectivity index (χ4n) is 3.52. The maximum absolute atomic E-state index is 4.70. The predicted octanol–water partition coefficient (Wildman–Crippen LogP) is 3.33. The van der Waals surface area contributed by atoms with Crippen molar-refractivity contribution >= 4 is 29.9 Å². The molecule has 0 aliphatic carbocycles. The average molecular weight is 490 g/mol. The molecule has 0 aromatic carbocycles. The Morgan fingerprint density at radius 2 is 1.81 bits per heavy atom. The van der Waals surface area contributed by atoms with Gasteiger partial charge in [-0.2, -0.15) is 5.10 Å². The quantitative estimate of drug-likeness (QED) is 0.241. The normalized spacial score (nSPS) is 15.9. The standard InChI is InChI=1S/C20H38N6.HI/c1-4-21-20(22-11-9-15-25-13-7-5-6-8-14-25)23-12-10-16-26-19(3)17-18(2)24-26;/h17H,4-16H2,1-3H3,(H2,21,22,23);1H. The van der Waals surface area contributed by atoms with Gasteiger partial charge in [0.15, 0.2) is 5.96 Å². The zero-order valence-corrected chi connectivity index (χ0v) is 19.8. The summed E-state index contributed by atoms with van der Waals surface area (Å²) in [6.45, 7) is 13.7. The van der Waals surface area contributed by atoms with Gasteiger partial charge in [0.1, 0.15) is 0 Å².